The van der Waals surface area contributed by atoms with Crippen molar-refractivity contribution in [2.75, 3.05) is 0 Å². The number of carbonyl (C=O) groups excluding carboxylic acids is 2. The number of nitrogens with one attached hydrogen (secondary N) is 2. The molecule has 0 unspecified atom stereocenters. The third-order valence-corrected chi connectivity index (χ3v) is 16.5. The van der Waals surface area contributed by atoms with Gasteiger partial charge in [0, 0.05) is 0 Å². The number of hydrogen-bond donors (Lipinski definition) is 2. The third-order valence-electron chi connectivity index (χ3n) is 4.68. The van der Waals surface area contributed by atoms with Gasteiger partial charge >= 0.3 is 98.7 Å². The van der Waals surface area contributed by atoms with Gasteiger partial charge in [-0.1, -0.05) is 0 Å². The summed E-state index contributed by atoms with van der Waals surface area (Å²) in [5.74, 6) is -0.0966. The van der Waals surface area contributed by atoms with Gasteiger partial charge in [0.1, 0.15) is 0 Å². The van der Waals surface area contributed by atoms with Crippen LogP contribution in [0.25, 0.3) is 0 Å². The zero-order chi connectivity index (χ0) is 11.8. The Bertz CT molecular complexity index is 316. The molecule has 2 rings (SSSR count). The van der Waals surface area contributed by atoms with Crippen molar-refractivity contribution in [2.24, 2.45) is 0 Å². The van der Waals surface area contributed by atoms with Gasteiger partial charge in [0.2, 0.25) is 0 Å². The Kier molecular flexibility index (Phi) is 3.03. The maximum atomic E-state index is 11.8. The molecule has 2 aliphatic rings. The summed E-state index contributed by atoms with van der Waals surface area (Å²) in [6.07, 6.45) is 1.73. The van der Waals surface area contributed by atoms with E-state index in [4.69, 9.17) is 0 Å². The molecule has 2 aliphatic heterocycles. The van der Waals surface area contributed by atoms with E-state index in [0.29, 0.717) is 0 Å². The molecular weight excluding hydrogens is 265 g/mol. The van der Waals surface area contributed by atoms with E-state index in [1.54, 1.807) is 0 Å². The summed E-state index contributed by atoms with van der Waals surface area (Å²) >= 11 is -1.63. The molecule has 0 atom stereocenters. The molecule has 0 bridgehead atoms. The van der Waals surface area contributed by atoms with Crippen LogP contribution >= 0.6 is 0 Å². The van der Waals surface area contributed by atoms with Gasteiger partial charge in [0.05, 0.1) is 0 Å². The first-order valence-corrected chi connectivity index (χ1v) is 12.1. The molecule has 0 aromatic carbocycles. The van der Waals surface area contributed by atoms with E-state index in [1.165, 1.54) is 21.0 Å². The summed E-state index contributed by atoms with van der Waals surface area (Å²) in [6, 6.07) is -0.307. The minimum absolute atomic E-state index is 0.0966. The van der Waals surface area contributed by atoms with Crippen LogP contribution in [-0.4, -0.2) is 30.7 Å². The summed E-state index contributed by atoms with van der Waals surface area (Å²) in [5, 5.41) is 10.4. The van der Waals surface area contributed by atoms with E-state index in [2.05, 4.69) is 24.5 Å². The number of amides is 3. The number of carbonyl (C=O) groups is 2. The van der Waals surface area contributed by atoms with Crippen molar-refractivity contribution >= 4 is 25.2 Å². The normalized spacial score (nSPS) is 26.6. The van der Waals surface area contributed by atoms with Gasteiger partial charge in [-0.15, -0.1) is 0 Å². The Balaban J connectivity index is 2.09. The molecule has 2 N–H and O–H groups in total. The first-order chi connectivity index (χ1) is 7.56. The zero-order valence-corrected chi connectivity index (χ0v) is 12.2. The molecule has 0 radical (unpaired) electrons. The second kappa shape index (κ2) is 4.05. The van der Waals surface area contributed by atoms with Crippen LogP contribution in [-0.2, 0) is 4.79 Å². The van der Waals surface area contributed by atoms with Crippen molar-refractivity contribution in [3.8, 4) is 0 Å². The van der Waals surface area contributed by atoms with Crippen LogP contribution in [0.1, 0.15) is 26.7 Å². The average molecular weight is 285 g/mol. The summed E-state index contributed by atoms with van der Waals surface area (Å²) in [7, 11) is 0. The monoisotopic (exact) mass is 286 g/mol. The van der Waals surface area contributed by atoms with Crippen LogP contribution in [0.3, 0.4) is 0 Å². The standard InChI is InChI=1S/C11H20GeN2O2/c1-3-12(4-2)7-5-11(6-8-12)9(15)13-10(16)14-11/h3-8H2,1-2H3,(H2,13,14,15,16). The van der Waals surface area contributed by atoms with Crippen LogP contribution < -0.4 is 10.6 Å². The van der Waals surface area contributed by atoms with Crippen LogP contribution in [0.5, 0.6) is 0 Å². The second-order valence-corrected chi connectivity index (χ2v) is 16.6. The molecule has 1 spiro atoms. The van der Waals surface area contributed by atoms with Crippen molar-refractivity contribution in [3.05, 3.63) is 0 Å². The molecular formula is C11H20GeN2O2. The van der Waals surface area contributed by atoms with E-state index in [-0.39, 0.29) is 11.9 Å². The maximum absolute atomic E-state index is 11.8. The number of hydrogen-bond acceptors (Lipinski definition) is 2. The van der Waals surface area contributed by atoms with Gasteiger partial charge in [-0.3, -0.25) is 0 Å². The van der Waals surface area contributed by atoms with Crippen LogP contribution in [0.4, 0.5) is 4.79 Å². The molecule has 0 saturated carbocycles. The third kappa shape index (κ3) is 1.77. The summed E-state index contributed by atoms with van der Waals surface area (Å²) in [5.41, 5.74) is -0.545. The minimum atomic E-state index is -1.63. The predicted molar refractivity (Wildman–Crippen MR) is 65.0 cm³/mol. The van der Waals surface area contributed by atoms with Crippen LogP contribution in [0.2, 0.25) is 21.0 Å². The van der Waals surface area contributed by atoms with Gasteiger partial charge in [-0.25, -0.2) is 0 Å². The van der Waals surface area contributed by atoms with Gasteiger partial charge in [0.15, 0.2) is 0 Å². The van der Waals surface area contributed by atoms with Crippen LogP contribution in [0, 0.1) is 0 Å². The Morgan fingerprint density at radius 1 is 1.19 bits per heavy atom. The predicted octanol–water partition coefficient (Wildman–Crippen LogP) is 1.85. The van der Waals surface area contributed by atoms with Gasteiger partial charge in [0.25, 0.3) is 0 Å². The fourth-order valence-corrected chi connectivity index (χ4v) is 11.6. The fourth-order valence-electron chi connectivity index (χ4n) is 3.04. The van der Waals surface area contributed by atoms with Crippen molar-refractivity contribution in [1.82, 2.24) is 10.6 Å². The summed E-state index contributed by atoms with van der Waals surface area (Å²) in [4.78, 5) is 23.0. The molecule has 2 heterocycles. The van der Waals surface area contributed by atoms with Crippen molar-refractivity contribution < 1.29 is 9.59 Å². The SMILES string of the molecule is C[CH2][Ge]1([CH2]C)[CH2]CC2(C[CH2]1)NC(=O)NC2=O. The molecule has 0 aliphatic carbocycles. The molecule has 0 aromatic heterocycles. The Labute approximate surface area is 98.9 Å². The molecule has 2 fully saturated rings. The van der Waals surface area contributed by atoms with E-state index in [1.807, 2.05) is 0 Å². The van der Waals surface area contributed by atoms with Gasteiger partial charge in [-0.2, -0.15) is 0 Å². The summed E-state index contributed by atoms with van der Waals surface area (Å²) in [6.45, 7) is 4.60. The molecule has 2 saturated heterocycles. The number of rotatable bonds is 2. The van der Waals surface area contributed by atoms with Crippen molar-refractivity contribution in [3.63, 3.8) is 0 Å². The number of urea groups is 1. The first kappa shape index (κ1) is 12.0. The van der Waals surface area contributed by atoms with E-state index >= 15 is 0 Å². The van der Waals surface area contributed by atoms with Crippen molar-refractivity contribution in [1.29, 1.82) is 0 Å². The van der Waals surface area contributed by atoms with Gasteiger partial charge < -0.3 is 0 Å². The molecule has 90 valence electrons. The molecule has 4 nitrogen and oxygen atoms in total. The molecule has 5 heteroatoms. The van der Waals surface area contributed by atoms with E-state index in [9.17, 15) is 9.59 Å². The molecule has 3 amide bonds. The molecule has 16 heavy (non-hydrogen) atoms. The quantitative estimate of drug-likeness (QED) is 0.601. The van der Waals surface area contributed by atoms with E-state index in [0.717, 1.165) is 12.8 Å². The summed E-state index contributed by atoms with van der Waals surface area (Å²) < 4.78 is 0. The van der Waals surface area contributed by atoms with Crippen molar-refractivity contribution in [2.45, 2.75) is 53.2 Å². The fraction of sp³-hybridized carbons (Fsp3) is 0.818. The topological polar surface area (TPSA) is 58.2 Å². The second-order valence-electron chi connectivity index (χ2n) is 5.20. The van der Waals surface area contributed by atoms with E-state index < -0.39 is 18.8 Å². The number of imide groups is 1. The Morgan fingerprint density at radius 3 is 2.12 bits per heavy atom. The van der Waals surface area contributed by atoms with Gasteiger partial charge in [-0.05, 0) is 0 Å². The Morgan fingerprint density at radius 2 is 1.75 bits per heavy atom. The zero-order valence-electron chi connectivity index (χ0n) is 10.1. The first-order valence-electron chi connectivity index (χ1n) is 6.19. The van der Waals surface area contributed by atoms with Crippen LogP contribution in [0.15, 0.2) is 0 Å². The Hall–Kier alpha value is -0.517. The average Bonchev–Trinajstić information content (AvgIpc) is 2.56. The molecule has 0 aromatic rings.